The van der Waals surface area contributed by atoms with Crippen molar-refractivity contribution in [3.63, 3.8) is 0 Å². The Balaban J connectivity index is 2.12. The highest BCUT2D eigenvalue weighted by Gasteiger charge is 2.15. The number of aryl methyl sites for hydroxylation is 2. The Kier molecular flexibility index (Phi) is 5.88. The van der Waals surface area contributed by atoms with Crippen molar-refractivity contribution >= 4 is 0 Å². The van der Waals surface area contributed by atoms with E-state index in [1.807, 2.05) is 37.3 Å². The molecule has 1 atom stereocenters. The molecule has 2 nitrogen and oxygen atoms in total. The highest BCUT2D eigenvalue weighted by molar-refractivity contribution is 5.27. The van der Waals surface area contributed by atoms with Gasteiger partial charge in [-0.1, -0.05) is 30.7 Å². The number of aromatic nitrogens is 1. The van der Waals surface area contributed by atoms with Gasteiger partial charge in [0.2, 0.25) is 0 Å². The summed E-state index contributed by atoms with van der Waals surface area (Å²) < 4.78 is 14.1. The number of benzene rings is 1. The first-order chi connectivity index (χ1) is 10.2. The molecule has 0 saturated carbocycles. The van der Waals surface area contributed by atoms with Crippen LogP contribution in [-0.2, 0) is 6.42 Å². The SMILES string of the molecule is CCCNC(CCc1ccccn1)c1cc(C)ccc1F. The zero-order valence-electron chi connectivity index (χ0n) is 12.8. The van der Waals surface area contributed by atoms with Crippen LogP contribution in [0.25, 0.3) is 0 Å². The smallest absolute Gasteiger partial charge is 0.127 e. The molecule has 0 fully saturated rings. The molecule has 0 amide bonds. The lowest BCUT2D eigenvalue weighted by molar-refractivity contribution is 0.471. The quantitative estimate of drug-likeness (QED) is 0.825. The molecule has 0 aliphatic rings. The molecular weight excluding hydrogens is 263 g/mol. The predicted octanol–water partition coefficient (Wildman–Crippen LogP) is 4.20. The molecular formula is C18H23FN2. The normalized spacial score (nSPS) is 12.3. The van der Waals surface area contributed by atoms with Crippen LogP contribution in [0, 0.1) is 12.7 Å². The molecule has 2 aromatic rings. The lowest BCUT2D eigenvalue weighted by atomic mass is 9.98. The third-order valence-corrected chi connectivity index (χ3v) is 3.58. The second-order valence-corrected chi connectivity index (χ2v) is 5.39. The third kappa shape index (κ3) is 4.64. The van der Waals surface area contributed by atoms with Crippen molar-refractivity contribution < 1.29 is 4.39 Å². The maximum absolute atomic E-state index is 14.1. The first kappa shape index (κ1) is 15.6. The number of hydrogen-bond donors (Lipinski definition) is 1. The van der Waals surface area contributed by atoms with Crippen molar-refractivity contribution in [2.24, 2.45) is 0 Å². The molecule has 1 N–H and O–H groups in total. The largest absolute Gasteiger partial charge is 0.310 e. The molecule has 2 rings (SSSR count). The van der Waals surface area contributed by atoms with Crippen molar-refractivity contribution in [3.05, 3.63) is 65.2 Å². The van der Waals surface area contributed by atoms with Gasteiger partial charge >= 0.3 is 0 Å². The summed E-state index contributed by atoms with van der Waals surface area (Å²) in [7, 11) is 0. The van der Waals surface area contributed by atoms with E-state index in [1.54, 1.807) is 12.3 Å². The topological polar surface area (TPSA) is 24.9 Å². The summed E-state index contributed by atoms with van der Waals surface area (Å²) in [5.41, 5.74) is 2.90. The fourth-order valence-corrected chi connectivity index (χ4v) is 2.45. The first-order valence-electron chi connectivity index (χ1n) is 7.60. The lowest BCUT2D eigenvalue weighted by Gasteiger charge is -2.20. The fourth-order valence-electron chi connectivity index (χ4n) is 2.45. The third-order valence-electron chi connectivity index (χ3n) is 3.58. The van der Waals surface area contributed by atoms with E-state index in [2.05, 4.69) is 17.2 Å². The highest BCUT2D eigenvalue weighted by Crippen LogP contribution is 2.23. The zero-order valence-corrected chi connectivity index (χ0v) is 12.8. The minimum Gasteiger partial charge on any atom is -0.310 e. The average molecular weight is 286 g/mol. The number of nitrogens with zero attached hydrogens (tertiary/aromatic N) is 1. The second-order valence-electron chi connectivity index (χ2n) is 5.39. The Hall–Kier alpha value is -1.74. The van der Waals surface area contributed by atoms with Gasteiger partial charge in [0.05, 0.1) is 0 Å². The van der Waals surface area contributed by atoms with Crippen LogP contribution in [0.5, 0.6) is 0 Å². The van der Waals surface area contributed by atoms with E-state index in [1.165, 1.54) is 0 Å². The Morgan fingerprint density at radius 1 is 1.24 bits per heavy atom. The number of nitrogens with one attached hydrogen (secondary N) is 1. The highest BCUT2D eigenvalue weighted by atomic mass is 19.1. The fraction of sp³-hybridized carbons (Fsp3) is 0.389. The molecule has 1 aromatic carbocycles. The minimum absolute atomic E-state index is 0.0341. The minimum atomic E-state index is -0.129. The van der Waals surface area contributed by atoms with Gasteiger partial charge in [0.25, 0.3) is 0 Å². The van der Waals surface area contributed by atoms with E-state index >= 15 is 0 Å². The van der Waals surface area contributed by atoms with E-state index in [4.69, 9.17) is 0 Å². The van der Waals surface area contributed by atoms with Gasteiger partial charge in [0.1, 0.15) is 5.82 Å². The number of rotatable bonds is 7. The molecule has 21 heavy (non-hydrogen) atoms. The number of halogens is 1. The average Bonchev–Trinajstić information content (AvgIpc) is 2.51. The molecule has 0 radical (unpaired) electrons. The van der Waals surface area contributed by atoms with Gasteiger partial charge in [0, 0.05) is 23.5 Å². The van der Waals surface area contributed by atoms with E-state index in [9.17, 15) is 4.39 Å². The number of hydrogen-bond acceptors (Lipinski definition) is 2. The van der Waals surface area contributed by atoms with E-state index in [0.717, 1.165) is 42.6 Å². The molecule has 1 heterocycles. The van der Waals surface area contributed by atoms with E-state index in [0.29, 0.717) is 0 Å². The summed E-state index contributed by atoms with van der Waals surface area (Å²) in [6.45, 7) is 5.01. The van der Waals surface area contributed by atoms with Crippen molar-refractivity contribution in [1.82, 2.24) is 10.3 Å². The zero-order chi connectivity index (χ0) is 15.1. The van der Waals surface area contributed by atoms with Crippen LogP contribution >= 0.6 is 0 Å². The monoisotopic (exact) mass is 286 g/mol. The summed E-state index contributed by atoms with van der Waals surface area (Å²) in [6, 6.07) is 11.3. The van der Waals surface area contributed by atoms with Gasteiger partial charge in [0.15, 0.2) is 0 Å². The molecule has 112 valence electrons. The van der Waals surface area contributed by atoms with Crippen LogP contribution in [0.1, 0.15) is 42.6 Å². The van der Waals surface area contributed by atoms with E-state index in [-0.39, 0.29) is 11.9 Å². The second kappa shape index (κ2) is 7.89. The van der Waals surface area contributed by atoms with Gasteiger partial charge in [-0.25, -0.2) is 4.39 Å². The van der Waals surface area contributed by atoms with Crippen LogP contribution in [-0.4, -0.2) is 11.5 Å². The molecule has 1 aromatic heterocycles. The molecule has 0 aliphatic carbocycles. The molecule has 1 unspecified atom stereocenters. The first-order valence-corrected chi connectivity index (χ1v) is 7.60. The van der Waals surface area contributed by atoms with Crippen LogP contribution in [0.2, 0.25) is 0 Å². The van der Waals surface area contributed by atoms with Crippen LogP contribution in [0.4, 0.5) is 4.39 Å². The van der Waals surface area contributed by atoms with Gasteiger partial charge in [-0.3, -0.25) is 4.98 Å². The van der Waals surface area contributed by atoms with Crippen molar-refractivity contribution in [2.45, 2.75) is 39.2 Å². The standard InChI is InChI=1S/C18H23FN2/c1-3-11-21-18(10-8-15-6-4-5-12-20-15)16-13-14(2)7-9-17(16)19/h4-7,9,12-13,18,21H,3,8,10-11H2,1-2H3. The van der Waals surface area contributed by atoms with Crippen molar-refractivity contribution in [2.75, 3.05) is 6.54 Å². The van der Waals surface area contributed by atoms with Crippen LogP contribution < -0.4 is 5.32 Å². The summed E-state index contributed by atoms with van der Waals surface area (Å²) in [5.74, 6) is -0.129. The Morgan fingerprint density at radius 2 is 2.10 bits per heavy atom. The summed E-state index contributed by atoms with van der Waals surface area (Å²) in [6.07, 6.45) is 4.53. The summed E-state index contributed by atoms with van der Waals surface area (Å²) in [4.78, 5) is 4.34. The molecule has 0 aliphatic heterocycles. The predicted molar refractivity (Wildman–Crippen MR) is 84.7 cm³/mol. The van der Waals surface area contributed by atoms with Crippen LogP contribution in [0.15, 0.2) is 42.6 Å². The van der Waals surface area contributed by atoms with Crippen molar-refractivity contribution in [3.8, 4) is 0 Å². The van der Waals surface area contributed by atoms with Crippen molar-refractivity contribution in [1.29, 1.82) is 0 Å². The maximum atomic E-state index is 14.1. The summed E-state index contributed by atoms with van der Waals surface area (Å²) >= 11 is 0. The van der Waals surface area contributed by atoms with Gasteiger partial charge < -0.3 is 5.32 Å². The van der Waals surface area contributed by atoms with Gasteiger partial charge in [-0.05, 0) is 50.9 Å². The summed E-state index contributed by atoms with van der Waals surface area (Å²) in [5, 5.41) is 3.46. The van der Waals surface area contributed by atoms with E-state index < -0.39 is 0 Å². The molecule has 0 bridgehead atoms. The Morgan fingerprint density at radius 3 is 2.81 bits per heavy atom. The van der Waals surface area contributed by atoms with Crippen LogP contribution in [0.3, 0.4) is 0 Å². The molecule has 0 spiro atoms. The maximum Gasteiger partial charge on any atom is 0.127 e. The lowest BCUT2D eigenvalue weighted by Crippen LogP contribution is -2.24. The Bertz CT molecular complexity index is 554. The van der Waals surface area contributed by atoms with Gasteiger partial charge in [-0.15, -0.1) is 0 Å². The molecule has 0 saturated heterocycles. The molecule has 3 heteroatoms. The van der Waals surface area contributed by atoms with Gasteiger partial charge in [-0.2, -0.15) is 0 Å². The number of pyridine rings is 1. The Labute approximate surface area is 126 Å².